The van der Waals surface area contributed by atoms with Gasteiger partial charge >= 0.3 is 0 Å². The highest BCUT2D eigenvalue weighted by atomic mass is 35.5. The number of non-ortho nitro benzene ring substituents is 1. The van der Waals surface area contributed by atoms with Crippen LogP contribution in [0.4, 0.5) is 11.4 Å². The van der Waals surface area contributed by atoms with Crippen LogP contribution in [-0.4, -0.2) is 16.0 Å². The third-order valence-electron chi connectivity index (χ3n) is 3.47. The molecule has 8 heteroatoms. The fourth-order valence-corrected chi connectivity index (χ4v) is 2.52. The van der Waals surface area contributed by atoms with Crippen LogP contribution in [0.15, 0.2) is 40.9 Å². The molecule has 1 amide bonds. The third-order valence-corrected chi connectivity index (χ3v) is 3.78. The second-order valence-electron chi connectivity index (χ2n) is 5.28. The minimum atomic E-state index is -0.554. The molecule has 0 unspecified atom stereocenters. The van der Waals surface area contributed by atoms with E-state index in [-0.39, 0.29) is 23.0 Å². The van der Waals surface area contributed by atoms with Crippen molar-refractivity contribution >= 4 is 39.9 Å². The predicted octanol–water partition coefficient (Wildman–Crippen LogP) is 3.88. The Balaban J connectivity index is 1.78. The molecular weight excluding hydrogens is 334 g/mol. The van der Waals surface area contributed by atoms with E-state index in [1.807, 2.05) is 19.1 Å². The van der Waals surface area contributed by atoms with Crippen LogP contribution in [0.2, 0.25) is 5.02 Å². The number of benzene rings is 2. The summed E-state index contributed by atoms with van der Waals surface area (Å²) >= 11 is 5.96. The largest absolute Gasteiger partial charge is 0.356 e. The molecule has 0 aliphatic carbocycles. The Morgan fingerprint density at radius 3 is 2.83 bits per heavy atom. The van der Waals surface area contributed by atoms with E-state index in [1.54, 1.807) is 6.07 Å². The van der Waals surface area contributed by atoms with Gasteiger partial charge in [0.15, 0.2) is 5.58 Å². The van der Waals surface area contributed by atoms with Gasteiger partial charge in [-0.15, -0.1) is 0 Å². The fraction of sp³-hybridized carbons (Fsp3) is 0.125. The lowest BCUT2D eigenvalue weighted by molar-refractivity contribution is -0.384. The molecule has 3 aromatic rings. The summed E-state index contributed by atoms with van der Waals surface area (Å²) in [6.07, 6.45) is 0.00374. The molecule has 0 fully saturated rings. The summed E-state index contributed by atoms with van der Waals surface area (Å²) in [6, 6.07) is 9.44. The standard InChI is InChI=1S/C16H12ClN3O4/c1-9-2-5-15-11(6-9)14(19-24-15)8-16(21)18-13-4-3-10(20(22)23)7-12(13)17/h2-7H,8H2,1H3,(H,18,21). The monoisotopic (exact) mass is 345 g/mol. The number of aromatic nitrogens is 1. The lowest BCUT2D eigenvalue weighted by Crippen LogP contribution is -2.15. The summed E-state index contributed by atoms with van der Waals surface area (Å²) < 4.78 is 5.19. The van der Waals surface area contributed by atoms with Crippen molar-refractivity contribution in [2.75, 3.05) is 5.32 Å². The number of anilines is 1. The maximum absolute atomic E-state index is 12.2. The van der Waals surface area contributed by atoms with E-state index in [2.05, 4.69) is 10.5 Å². The second kappa shape index (κ2) is 6.29. The third kappa shape index (κ3) is 3.21. The van der Waals surface area contributed by atoms with E-state index in [1.165, 1.54) is 18.2 Å². The summed E-state index contributed by atoms with van der Waals surface area (Å²) in [6.45, 7) is 1.94. The number of nitro groups is 1. The van der Waals surface area contributed by atoms with Crippen molar-refractivity contribution < 1.29 is 14.2 Å². The van der Waals surface area contributed by atoms with Gasteiger partial charge in [-0.2, -0.15) is 0 Å². The lowest BCUT2D eigenvalue weighted by Gasteiger charge is -2.06. The Bertz CT molecular complexity index is 952. The highest BCUT2D eigenvalue weighted by Crippen LogP contribution is 2.27. The van der Waals surface area contributed by atoms with Crippen LogP contribution in [0, 0.1) is 17.0 Å². The van der Waals surface area contributed by atoms with Crippen LogP contribution in [0.3, 0.4) is 0 Å². The number of rotatable bonds is 4. The fourth-order valence-electron chi connectivity index (χ4n) is 2.30. The molecule has 0 aliphatic heterocycles. The van der Waals surface area contributed by atoms with Crippen LogP contribution in [0.25, 0.3) is 11.0 Å². The van der Waals surface area contributed by atoms with E-state index in [0.29, 0.717) is 17.0 Å². The van der Waals surface area contributed by atoms with Gasteiger partial charge in [0.05, 0.1) is 22.1 Å². The number of hydrogen-bond donors (Lipinski definition) is 1. The molecule has 1 N–H and O–H groups in total. The van der Waals surface area contributed by atoms with Crippen molar-refractivity contribution in [2.45, 2.75) is 13.3 Å². The topological polar surface area (TPSA) is 98.3 Å². The van der Waals surface area contributed by atoms with Crippen LogP contribution >= 0.6 is 11.6 Å². The smallest absolute Gasteiger partial charge is 0.271 e. The van der Waals surface area contributed by atoms with Crippen LogP contribution in [-0.2, 0) is 11.2 Å². The Labute approximate surface area is 141 Å². The number of aryl methyl sites for hydroxylation is 1. The highest BCUT2D eigenvalue weighted by molar-refractivity contribution is 6.34. The Hall–Kier alpha value is -2.93. The minimum absolute atomic E-state index is 0.00374. The quantitative estimate of drug-likeness (QED) is 0.571. The van der Waals surface area contributed by atoms with Gasteiger partial charge in [-0.3, -0.25) is 14.9 Å². The van der Waals surface area contributed by atoms with E-state index in [4.69, 9.17) is 16.1 Å². The van der Waals surface area contributed by atoms with Gasteiger partial charge in [0.1, 0.15) is 5.69 Å². The molecule has 0 bridgehead atoms. The van der Waals surface area contributed by atoms with E-state index in [0.717, 1.165) is 10.9 Å². The first-order chi connectivity index (χ1) is 11.4. The highest BCUT2D eigenvalue weighted by Gasteiger charge is 2.15. The summed E-state index contributed by atoms with van der Waals surface area (Å²) in [4.78, 5) is 22.3. The molecule has 0 radical (unpaired) electrons. The number of hydrogen-bond acceptors (Lipinski definition) is 5. The molecule has 0 saturated heterocycles. The SMILES string of the molecule is Cc1ccc2onc(CC(=O)Nc3ccc([N+](=O)[O-])cc3Cl)c2c1. The van der Waals surface area contributed by atoms with Gasteiger partial charge in [0.25, 0.3) is 5.69 Å². The number of carbonyl (C=O) groups excluding carboxylic acids is 1. The Kier molecular flexibility index (Phi) is 4.18. The van der Waals surface area contributed by atoms with Gasteiger partial charge in [0.2, 0.25) is 5.91 Å². The first-order valence-electron chi connectivity index (χ1n) is 7.03. The molecule has 2 aromatic carbocycles. The molecule has 0 spiro atoms. The molecular formula is C16H12ClN3O4. The van der Waals surface area contributed by atoms with Gasteiger partial charge < -0.3 is 9.84 Å². The molecule has 7 nitrogen and oxygen atoms in total. The van der Waals surface area contributed by atoms with Crippen molar-refractivity contribution in [3.05, 3.63) is 62.8 Å². The zero-order valence-electron chi connectivity index (χ0n) is 12.6. The van der Waals surface area contributed by atoms with Crippen LogP contribution in [0.1, 0.15) is 11.3 Å². The van der Waals surface area contributed by atoms with Crippen LogP contribution in [0.5, 0.6) is 0 Å². The average molecular weight is 346 g/mol. The predicted molar refractivity (Wildman–Crippen MR) is 89.2 cm³/mol. The molecule has 122 valence electrons. The van der Waals surface area contributed by atoms with Gasteiger partial charge in [-0.1, -0.05) is 28.4 Å². The number of halogens is 1. The van der Waals surface area contributed by atoms with Crippen molar-refractivity contribution in [1.29, 1.82) is 0 Å². The number of carbonyl (C=O) groups is 1. The second-order valence-corrected chi connectivity index (χ2v) is 5.68. The zero-order chi connectivity index (χ0) is 17.3. The number of amides is 1. The minimum Gasteiger partial charge on any atom is -0.356 e. The number of fused-ring (bicyclic) bond motifs is 1. The molecule has 3 rings (SSSR count). The summed E-state index contributed by atoms with van der Waals surface area (Å²) in [5.74, 6) is -0.345. The van der Waals surface area contributed by atoms with Crippen LogP contribution < -0.4 is 5.32 Å². The van der Waals surface area contributed by atoms with E-state index >= 15 is 0 Å². The van der Waals surface area contributed by atoms with E-state index in [9.17, 15) is 14.9 Å². The van der Waals surface area contributed by atoms with Gasteiger partial charge in [-0.05, 0) is 25.1 Å². The summed E-state index contributed by atoms with van der Waals surface area (Å²) in [5.41, 5.74) is 2.32. The summed E-state index contributed by atoms with van der Waals surface area (Å²) in [5, 5.41) is 18.1. The van der Waals surface area contributed by atoms with Crippen molar-refractivity contribution in [3.63, 3.8) is 0 Å². The molecule has 0 aliphatic rings. The number of nitrogens with one attached hydrogen (secondary N) is 1. The first-order valence-corrected chi connectivity index (χ1v) is 7.40. The normalized spacial score (nSPS) is 10.8. The molecule has 0 saturated carbocycles. The van der Waals surface area contributed by atoms with Crippen molar-refractivity contribution in [1.82, 2.24) is 5.16 Å². The lowest BCUT2D eigenvalue weighted by atomic mass is 10.1. The molecule has 1 heterocycles. The molecule has 24 heavy (non-hydrogen) atoms. The first kappa shape index (κ1) is 15.9. The molecule has 0 atom stereocenters. The average Bonchev–Trinajstić information content (AvgIpc) is 2.91. The maximum atomic E-state index is 12.2. The van der Waals surface area contributed by atoms with Gasteiger partial charge in [-0.25, -0.2) is 0 Å². The zero-order valence-corrected chi connectivity index (χ0v) is 13.3. The Morgan fingerprint density at radius 2 is 2.12 bits per heavy atom. The summed E-state index contributed by atoms with van der Waals surface area (Å²) in [7, 11) is 0. The van der Waals surface area contributed by atoms with Crippen molar-refractivity contribution in [2.24, 2.45) is 0 Å². The number of nitro benzene ring substituents is 1. The van der Waals surface area contributed by atoms with E-state index < -0.39 is 4.92 Å². The number of nitrogens with zero attached hydrogens (tertiary/aromatic N) is 2. The van der Waals surface area contributed by atoms with Crippen molar-refractivity contribution in [3.8, 4) is 0 Å². The Morgan fingerprint density at radius 1 is 1.33 bits per heavy atom. The van der Waals surface area contributed by atoms with Gasteiger partial charge in [0, 0.05) is 17.5 Å². The maximum Gasteiger partial charge on any atom is 0.271 e. The molecule has 1 aromatic heterocycles.